The van der Waals surface area contributed by atoms with E-state index >= 15 is 0 Å². The predicted octanol–water partition coefficient (Wildman–Crippen LogP) is 4.39. The van der Waals surface area contributed by atoms with Crippen molar-refractivity contribution in [1.29, 1.82) is 0 Å². The molecule has 3 rings (SSSR count). The molecule has 0 bridgehead atoms. The van der Waals surface area contributed by atoms with E-state index in [1.165, 1.54) is 0 Å². The maximum Gasteiger partial charge on any atom is 0.264 e. The zero-order chi connectivity index (χ0) is 24.0. The first-order valence-electron chi connectivity index (χ1n) is 10.8. The molecular weight excluding hydrogens is 436 g/mol. The molecule has 0 fully saturated rings. The summed E-state index contributed by atoms with van der Waals surface area (Å²) in [7, 11) is -3.94. The van der Waals surface area contributed by atoms with E-state index in [1.54, 1.807) is 36.4 Å². The lowest BCUT2D eigenvalue weighted by Crippen LogP contribution is -2.45. The third-order valence-electron chi connectivity index (χ3n) is 5.21. The largest absolute Gasteiger partial charge is 0.491 e. The van der Waals surface area contributed by atoms with Crippen LogP contribution in [0.1, 0.15) is 23.6 Å². The number of nitrogens with one attached hydrogen (secondary N) is 1. The quantitative estimate of drug-likeness (QED) is 0.507. The molecule has 3 aromatic rings. The summed E-state index contributed by atoms with van der Waals surface area (Å²) in [5.74, 6) is 0.305. The molecule has 1 amide bonds. The van der Waals surface area contributed by atoms with E-state index in [4.69, 9.17) is 4.74 Å². The fraction of sp³-hybridized carbons (Fsp3) is 0.269. The van der Waals surface area contributed by atoms with Gasteiger partial charge in [0.2, 0.25) is 5.91 Å². The van der Waals surface area contributed by atoms with Crippen LogP contribution < -0.4 is 14.4 Å². The lowest BCUT2D eigenvalue weighted by molar-refractivity contribution is -0.120. The summed E-state index contributed by atoms with van der Waals surface area (Å²) in [6.45, 7) is 7.46. The number of benzene rings is 3. The number of sulfonamides is 1. The van der Waals surface area contributed by atoms with Crippen molar-refractivity contribution in [2.75, 3.05) is 17.5 Å². The molecule has 0 heterocycles. The maximum atomic E-state index is 13.5. The van der Waals surface area contributed by atoms with Crippen LogP contribution in [0.3, 0.4) is 0 Å². The highest BCUT2D eigenvalue weighted by atomic mass is 32.2. The Hall–Kier alpha value is -3.32. The van der Waals surface area contributed by atoms with Crippen molar-refractivity contribution >= 4 is 21.6 Å². The van der Waals surface area contributed by atoms with Crippen LogP contribution in [-0.4, -0.2) is 33.5 Å². The van der Waals surface area contributed by atoms with Crippen LogP contribution in [0.15, 0.2) is 77.7 Å². The molecule has 6 nitrogen and oxygen atoms in total. The van der Waals surface area contributed by atoms with E-state index in [9.17, 15) is 13.2 Å². The van der Waals surface area contributed by atoms with Crippen molar-refractivity contribution < 1.29 is 17.9 Å². The molecule has 0 aromatic heterocycles. The molecule has 7 heteroatoms. The van der Waals surface area contributed by atoms with Gasteiger partial charge in [-0.2, -0.15) is 0 Å². The van der Waals surface area contributed by atoms with Gasteiger partial charge in [0.1, 0.15) is 18.9 Å². The van der Waals surface area contributed by atoms with Gasteiger partial charge in [-0.25, -0.2) is 8.42 Å². The summed E-state index contributed by atoms with van der Waals surface area (Å²) >= 11 is 0. The topological polar surface area (TPSA) is 75.7 Å². The number of amides is 1. The van der Waals surface area contributed by atoms with Crippen LogP contribution in [0, 0.1) is 20.8 Å². The van der Waals surface area contributed by atoms with Crippen LogP contribution in [0.25, 0.3) is 0 Å². The van der Waals surface area contributed by atoms with E-state index in [-0.39, 0.29) is 24.1 Å². The van der Waals surface area contributed by atoms with E-state index in [0.717, 1.165) is 21.0 Å². The number of carbonyl (C=O) groups excluding carboxylic acids is 1. The normalized spacial score (nSPS) is 12.1. The van der Waals surface area contributed by atoms with Crippen molar-refractivity contribution in [2.24, 2.45) is 0 Å². The number of ether oxygens (including phenoxy) is 1. The zero-order valence-electron chi connectivity index (χ0n) is 19.4. The van der Waals surface area contributed by atoms with Gasteiger partial charge in [0.05, 0.1) is 16.6 Å². The average molecular weight is 467 g/mol. The summed E-state index contributed by atoms with van der Waals surface area (Å²) in [6, 6.07) is 21.1. The van der Waals surface area contributed by atoms with Gasteiger partial charge in [-0.3, -0.25) is 9.10 Å². The lowest BCUT2D eigenvalue weighted by Gasteiger charge is -2.26. The highest BCUT2D eigenvalue weighted by molar-refractivity contribution is 7.92. The highest BCUT2D eigenvalue weighted by Gasteiger charge is 2.28. The van der Waals surface area contributed by atoms with Gasteiger partial charge in [-0.1, -0.05) is 53.6 Å². The number of hydrogen-bond acceptors (Lipinski definition) is 4. The molecule has 174 valence electrons. The molecule has 0 aliphatic heterocycles. The standard InChI is InChI=1S/C26H30N2O4S/c1-19-9-13-23(14-10-19)32-18-22(4)27-26(29)17-28(25-8-6-5-7-21(25)3)33(30,31)24-15-11-20(2)12-16-24/h5-16,22H,17-18H2,1-4H3,(H,27,29). The second kappa shape index (κ2) is 10.5. The smallest absolute Gasteiger partial charge is 0.264 e. The van der Waals surface area contributed by atoms with Crippen molar-refractivity contribution in [1.82, 2.24) is 5.32 Å². The fourth-order valence-corrected chi connectivity index (χ4v) is 4.81. The Labute approximate surface area is 196 Å². The first kappa shape index (κ1) is 24.3. The summed E-state index contributed by atoms with van der Waals surface area (Å²) in [5, 5.41) is 2.84. The third-order valence-corrected chi connectivity index (χ3v) is 6.98. The van der Waals surface area contributed by atoms with Gasteiger partial charge in [0.25, 0.3) is 10.0 Å². The second-order valence-electron chi connectivity index (χ2n) is 8.20. The van der Waals surface area contributed by atoms with Crippen LogP contribution in [0.4, 0.5) is 5.69 Å². The fourth-order valence-electron chi connectivity index (χ4n) is 3.33. The first-order chi connectivity index (χ1) is 15.7. The van der Waals surface area contributed by atoms with Gasteiger partial charge in [-0.05, 0) is 63.6 Å². The van der Waals surface area contributed by atoms with Gasteiger partial charge >= 0.3 is 0 Å². The van der Waals surface area contributed by atoms with Crippen LogP contribution in [0.2, 0.25) is 0 Å². The summed E-state index contributed by atoms with van der Waals surface area (Å²) in [6.07, 6.45) is 0. The Morgan fingerprint density at radius 2 is 1.48 bits per heavy atom. The number of para-hydroxylation sites is 1. The van der Waals surface area contributed by atoms with Crippen molar-refractivity contribution in [3.8, 4) is 5.75 Å². The summed E-state index contributed by atoms with van der Waals surface area (Å²) in [4.78, 5) is 13.0. The van der Waals surface area contributed by atoms with Crippen LogP contribution in [-0.2, 0) is 14.8 Å². The number of hydrogen-bond donors (Lipinski definition) is 1. The molecule has 0 saturated carbocycles. The lowest BCUT2D eigenvalue weighted by atomic mass is 10.2. The van der Waals surface area contributed by atoms with Crippen LogP contribution in [0.5, 0.6) is 5.75 Å². The number of carbonyl (C=O) groups is 1. The van der Waals surface area contributed by atoms with Gasteiger partial charge < -0.3 is 10.1 Å². The average Bonchev–Trinajstić information content (AvgIpc) is 2.78. The number of anilines is 1. The molecule has 0 radical (unpaired) electrons. The van der Waals surface area contributed by atoms with Crippen molar-refractivity contribution in [3.05, 3.63) is 89.5 Å². The Bertz CT molecular complexity index is 1190. The van der Waals surface area contributed by atoms with E-state index in [0.29, 0.717) is 11.4 Å². The van der Waals surface area contributed by atoms with Crippen molar-refractivity contribution in [3.63, 3.8) is 0 Å². The monoisotopic (exact) mass is 466 g/mol. The molecular formula is C26H30N2O4S. The molecule has 1 unspecified atom stereocenters. The molecule has 1 atom stereocenters. The highest BCUT2D eigenvalue weighted by Crippen LogP contribution is 2.26. The third kappa shape index (κ3) is 6.35. The molecule has 0 aliphatic rings. The summed E-state index contributed by atoms with van der Waals surface area (Å²) < 4.78 is 33.9. The molecule has 1 N–H and O–H groups in total. The molecule has 3 aromatic carbocycles. The number of aryl methyl sites for hydroxylation is 3. The van der Waals surface area contributed by atoms with E-state index < -0.39 is 15.9 Å². The van der Waals surface area contributed by atoms with Gasteiger partial charge in [0.15, 0.2) is 0 Å². The van der Waals surface area contributed by atoms with Crippen LogP contribution >= 0.6 is 0 Å². The first-order valence-corrected chi connectivity index (χ1v) is 12.2. The zero-order valence-corrected chi connectivity index (χ0v) is 20.2. The van der Waals surface area contributed by atoms with Gasteiger partial charge in [0, 0.05) is 0 Å². The molecule has 0 spiro atoms. The Morgan fingerprint density at radius 1 is 0.909 bits per heavy atom. The molecule has 33 heavy (non-hydrogen) atoms. The number of nitrogens with zero attached hydrogens (tertiary/aromatic N) is 1. The van der Waals surface area contributed by atoms with E-state index in [1.807, 2.05) is 64.1 Å². The Morgan fingerprint density at radius 3 is 2.09 bits per heavy atom. The molecule has 0 aliphatic carbocycles. The van der Waals surface area contributed by atoms with Crippen molar-refractivity contribution in [2.45, 2.75) is 38.6 Å². The van der Waals surface area contributed by atoms with Gasteiger partial charge in [-0.15, -0.1) is 0 Å². The summed E-state index contributed by atoms with van der Waals surface area (Å²) in [5.41, 5.74) is 3.32. The molecule has 0 saturated heterocycles. The minimum atomic E-state index is -3.94. The Balaban J connectivity index is 1.75. The maximum absolute atomic E-state index is 13.5. The minimum absolute atomic E-state index is 0.139. The number of rotatable bonds is 9. The minimum Gasteiger partial charge on any atom is -0.491 e. The predicted molar refractivity (Wildman–Crippen MR) is 131 cm³/mol. The van der Waals surface area contributed by atoms with E-state index in [2.05, 4.69) is 5.32 Å². The second-order valence-corrected chi connectivity index (χ2v) is 10.1. The Kier molecular flexibility index (Phi) is 7.76. The SMILES string of the molecule is Cc1ccc(OCC(C)NC(=O)CN(c2ccccc2C)S(=O)(=O)c2ccc(C)cc2)cc1.